The fraction of sp³-hybridized carbons (Fsp3) is 0.235. The first-order valence-corrected chi connectivity index (χ1v) is 8.51. The van der Waals surface area contributed by atoms with E-state index in [1.165, 1.54) is 17.5 Å². The zero-order valence-corrected chi connectivity index (χ0v) is 14.9. The van der Waals surface area contributed by atoms with Gasteiger partial charge in [-0.1, -0.05) is 0 Å². The maximum absolute atomic E-state index is 12.1. The molecule has 8 heteroatoms. The lowest BCUT2D eigenvalue weighted by molar-refractivity contribution is 0.0532. The molecule has 0 atom stereocenters. The van der Waals surface area contributed by atoms with Crippen molar-refractivity contribution in [2.75, 3.05) is 25.6 Å². The number of azo groups is 1. The second-order valence-corrected chi connectivity index (χ2v) is 6.43. The van der Waals surface area contributed by atoms with Crippen molar-refractivity contribution in [1.82, 2.24) is 10.2 Å². The number of aromatic nitrogens is 2. The van der Waals surface area contributed by atoms with Crippen molar-refractivity contribution < 1.29 is 9.53 Å². The highest BCUT2D eigenvalue weighted by Crippen LogP contribution is 2.40. The molecule has 0 spiro atoms. The molecule has 1 aromatic carbocycles. The number of nitrogens with zero attached hydrogens (tertiary/aromatic N) is 5. The normalized spacial score (nSPS) is 11.2. The Hall–Kier alpha value is -2.87. The minimum Gasteiger partial charge on any atom is -0.462 e. The summed E-state index contributed by atoms with van der Waals surface area (Å²) in [7, 11) is 3.92. The number of hydrogen-bond acceptors (Lipinski definition) is 8. The molecule has 2 heterocycles. The Bertz CT molecular complexity index is 921. The van der Waals surface area contributed by atoms with Crippen LogP contribution in [0.15, 0.2) is 46.9 Å². The largest absolute Gasteiger partial charge is 0.462 e. The zero-order valence-electron chi connectivity index (χ0n) is 14.1. The fourth-order valence-electron chi connectivity index (χ4n) is 2.32. The molecule has 0 bridgehead atoms. The number of esters is 1. The van der Waals surface area contributed by atoms with E-state index in [0.717, 1.165) is 15.8 Å². The summed E-state index contributed by atoms with van der Waals surface area (Å²) in [5.41, 5.74) is 2.31. The molecule has 2 aromatic heterocycles. The highest BCUT2D eigenvalue weighted by atomic mass is 32.1. The summed E-state index contributed by atoms with van der Waals surface area (Å²) in [5.74, 6) is -0.324. The molecule has 0 aliphatic heterocycles. The molecule has 0 amide bonds. The number of rotatable bonds is 5. The van der Waals surface area contributed by atoms with Gasteiger partial charge in [-0.05, 0) is 31.2 Å². The molecule has 0 saturated heterocycles. The molecule has 3 aromatic rings. The summed E-state index contributed by atoms with van der Waals surface area (Å²) >= 11 is 1.36. The Morgan fingerprint density at radius 1 is 1.24 bits per heavy atom. The summed E-state index contributed by atoms with van der Waals surface area (Å²) in [5, 5.41) is 16.9. The van der Waals surface area contributed by atoms with Crippen LogP contribution in [-0.4, -0.2) is 36.9 Å². The predicted molar refractivity (Wildman–Crippen MR) is 98.3 cm³/mol. The van der Waals surface area contributed by atoms with E-state index in [1.54, 1.807) is 19.2 Å². The molecule has 0 unspecified atom stereocenters. The topological polar surface area (TPSA) is 80.0 Å². The predicted octanol–water partition coefficient (Wildman–Crippen LogP) is 4.35. The Labute approximate surface area is 149 Å². The molecule has 0 aliphatic rings. The average molecular weight is 355 g/mol. The van der Waals surface area contributed by atoms with Crippen LogP contribution in [-0.2, 0) is 4.74 Å². The Balaban J connectivity index is 2.08. The monoisotopic (exact) mass is 355 g/mol. The second kappa shape index (κ2) is 7.35. The van der Waals surface area contributed by atoms with E-state index < -0.39 is 0 Å². The van der Waals surface area contributed by atoms with Gasteiger partial charge >= 0.3 is 5.97 Å². The maximum Gasteiger partial charge on any atom is 0.348 e. The Morgan fingerprint density at radius 3 is 2.76 bits per heavy atom. The number of ether oxygens (including phenoxy) is 1. The molecule has 128 valence electrons. The van der Waals surface area contributed by atoms with Crippen LogP contribution >= 0.6 is 11.3 Å². The van der Waals surface area contributed by atoms with Crippen LogP contribution in [0.1, 0.15) is 16.6 Å². The van der Waals surface area contributed by atoms with E-state index in [2.05, 4.69) is 20.4 Å². The standard InChI is InChI=1S/C17H17N5O2S/c1-4-24-17(23)15-9-12-14(22(2)3)6-5-13(16(12)25-15)21-20-11-7-8-18-19-10-11/h5-10H,4H2,1-3H3. The quantitative estimate of drug-likeness (QED) is 0.502. The summed E-state index contributed by atoms with van der Waals surface area (Å²) < 4.78 is 6.00. The van der Waals surface area contributed by atoms with Crippen LogP contribution in [0.3, 0.4) is 0 Å². The summed E-state index contributed by atoms with van der Waals surface area (Å²) in [6.45, 7) is 2.13. The second-order valence-electron chi connectivity index (χ2n) is 5.37. The van der Waals surface area contributed by atoms with Gasteiger partial charge in [0, 0.05) is 25.2 Å². The molecule has 25 heavy (non-hydrogen) atoms. The number of hydrogen-bond donors (Lipinski definition) is 0. The van der Waals surface area contributed by atoms with E-state index in [1.807, 2.05) is 37.2 Å². The Kier molecular flexibility index (Phi) is 4.99. The molecule has 0 radical (unpaired) electrons. The van der Waals surface area contributed by atoms with E-state index in [9.17, 15) is 4.79 Å². The minimum absolute atomic E-state index is 0.324. The molecule has 0 saturated carbocycles. The summed E-state index contributed by atoms with van der Waals surface area (Å²) in [6, 6.07) is 7.42. The first kappa shape index (κ1) is 17.0. The lowest BCUT2D eigenvalue weighted by Crippen LogP contribution is -2.08. The summed E-state index contributed by atoms with van der Waals surface area (Å²) in [6.07, 6.45) is 3.09. The van der Waals surface area contributed by atoms with Crippen LogP contribution in [0.25, 0.3) is 10.1 Å². The highest BCUT2D eigenvalue weighted by molar-refractivity contribution is 7.21. The molecule has 0 fully saturated rings. The van der Waals surface area contributed by atoms with E-state index >= 15 is 0 Å². The third-order valence-electron chi connectivity index (χ3n) is 3.44. The SMILES string of the molecule is CCOC(=O)c1cc2c(N(C)C)ccc(N=Nc3ccnnc3)c2s1. The van der Waals surface area contributed by atoms with Crippen LogP contribution in [0.5, 0.6) is 0 Å². The lowest BCUT2D eigenvalue weighted by Gasteiger charge is -2.14. The van der Waals surface area contributed by atoms with E-state index in [0.29, 0.717) is 22.9 Å². The number of carbonyl (C=O) groups is 1. The van der Waals surface area contributed by atoms with E-state index in [4.69, 9.17) is 4.74 Å². The van der Waals surface area contributed by atoms with Gasteiger partial charge in [0.2, 0.25) is 0 Å². The van der Waals surface area contributed by atoms with Crippen LogP contribution < -0.4 is 4.90 Å². The molecule has 0 aliphatic carbocycles. The van der Waals surface area contributed by atoms with Gasteiger partial charge in [0.05, 0.1) is 23.7 Å². The van der Waals surface area contributed by atoms with Gasteiger partial charge in [-0.2, -0.15) is 10.2 Å². The number of fused-ring (bicyclic) bond motifs is 1. The number of anilines is 1. The van der Waals surface area contributed by atoms with Gasteiger partial charge in [-0.15, -0.1) is 21.6 Å². The molecular formula is C17H17N5O2S. The van der Waals surface area contributed by atoms with Crippen LogP contribution in [0.4, 0.5) is 17.1 Å². The van der Waals surface area contributed by atoms with Crippen molar-refractivity contribution in [3.05, 3.63) is 41.5 Å². The molecule has 0 N–H and O–H groups in total. The lowest BCUT2D eigenvalue weighted by atomic mass is 10.2. The van der Waals surface area contributed by atoms with Crippen molar-refractivity contribution in [3.8, 4) is 0 Å². The number of benzene rings is 1. The minimum atomic E-state index is -0.324. The average Bonchev–Trinajstić information content (AvgIpc) is 3.06. The van der Waals surface area contributed by atoms with Crippen LogP contribution in [0.2, 0.25) is 0 Å². The first-order chi connectivity index (χ1) is 12.1. The number of thiophene rings is 1. The molecule has 7 nitrogen and oxygen atoms in total. The van der Waals surface area contributed by atoms with Crippen molar-refractivity contribution in [2.24, 2.45) is 10.2 Å². The number of carbonyl (C=O) groups excluding carboxylic acids is 1. The molecular weight excluding hydrogens is 338 g/mol. The Morgan fingerprint density at radius 2 is 2.08 bits per heavy atom. The van der Waals surface area contributed by atoms with E-state index in [-0.39, 0.29) is 5.97 Å². The summed E-state index contributed by atoms with van der Waals surface area (Å²) in [4.78, 5) is 14.6. The molecule has 3 rings (SSSR count). The van der Waals surface area contributed by atoms with Crippen molar-refractivity contribution in [2.45, 2.75) is 6.92 Å². The highest BCUT2D eigenvalue weighted by Gasteiger charge is 2.16. The van der Waals surface area contributed by atoms with Crippen LogP contribution in [0, 0.1) is 0 Å². The maximum atomic E-state index is 12.1. The van der Waals surface area contributed by atoms with Gasteiger partial charge in [0.25, 0.3) is 0 Å². The van der Waals surface area contributed by atoms with Gasteiger partial charge in [-0.3, -0.25) is 0 Å². The van der Waals surface area contributed by atoms with Gasteiger partial charge in [-0.25, -0.2) is 4.79 Å². The van der Waals surface area contributed by atoms with Gasteiger partial charge in [0.1, 0.15) is 16.3 Å². The third-order valence-corrected chi connectivity index (χ3v) is 4.58. The van der Waals surface area contributed by atoms with Gasteiger partial charge in [0.15, 0.2) is 0 Å². The first-order valence-electron chi connectivity index (χ1n) is 7.69. The van der Waals surface area contributed by atoms with Gasteiger partial charge < -0.3 is 9.64 Å². The van der Waals surface area contributed by atoms with Crippen molar-refractivity contribution in [1.29, 1.82) is 0 Å². The third kappa shape index (κ3) is 3.63. The van der Waals surface area contributed by atoms with Crippen molar-refractivity contribution >= 4 is 44.5 Å². The smallest absolute Gasteiger partial charge is 0.348 e. The zero-order chi connectivity index (χ0) is 17.8. The van der Waals surface area contributed by atoms with Crippen molar-refractivity contribution in [3.63, 3.8) is 0 Å². The fourth-order valence-corrected chi connectivity index (χ4v) is 3.35.